The van der Waals surface area contributed by atoms with Gasteiger partial charge in [0.05, 0.1) is 6.04 Å². The van der Waals surface area contributed by atoms with E-state index in [4.69, 9.17) is 4.74 Å². The molecule has 2 atom stereocenters. The molecule has 2 aliphatic rings. The first kappa shape index (κ1) is 14.9. The Morgan fingerprint density at radius 1 is 1.40 bits per heavy atom. The van der Waals surface area contributed by atoms with E-state index in [1.165, 1.54) is 0 Å². The first-order valence-electron chi connectivity index (χ1n) is 7.20. The third kappa shape index (κ3) is 3.32. The van der Waals surface area contributed by atoms with Crippen LogP contribution >= 0.6 is 0 Å². The van der Waals surface area contributed by atoms with Crippen LogP contribution in [0.25, 0.3) is 0 Å². The lowest BCUT2D eigenvalue weighted by molar-refractivity contribution is -0.129. The van der Waals surface area contributed by atoms with Gasteiger partial charge in [0.1, 0.15) is 5.60 Å². The summed E-state index contributed by atoms with van der Waals surface area (Å²) in [6.07, 6.45) is 2.94. The summed E-state index contributed by atoms with van der Waals surface area (Å²) in [6, 6.07) is 0.125. The second-order valence-corrected chi connectivity index (χ2v) is 6.61. The fourth-order valence-corrected chi connectivity index (χ4v) is 2.76. The number of likely N-dealkylation sites (tertiary alicyclic amines) is 2. The highest BCUT2D eigenvalue weighted by Gasteiger charge is 2.38. The second-order valence-electron chi connectivity index (χ2n) is 6.61. The molecule has 0 saturated carbocycles. The summed E-state index contributed by atoms with van der Waals surface area (Å²) in [5, 5.41) is 0. The molecule has 0 radical (unpaired) electrons. The molecule has 0 bridgehead atoms. The highest BCUT2D eigenvalue weighted by atomic mass is 16.6. The van der Waals surface area contributed by atoms with Crippen LogP contribution in [0.2, 0.25) is 0 Å². The average molecular weight is 280 g/mol. The lowest BCUT2D eigenvalue weighted by Gasteiger charge is -2.26. The molecule has 0 aromatic carbocycles. The molecule has 5 nitrogen and oxygen atoms in total. The van der Waals surface area contributed by atoms with Crippen molar-refractivity contribution in [2.45, 2.75) is 45.3 Å². The van der Waals surface area contributed by atoms with Gasteiger partial charge in [-0.1, -0.05) is 6.08 Å². The molecular formula is C15H24N2O3. The Balaban J connectivity index is 1.91. The van der Waals surface area contributed by atoms with Crippen LogP contribution in [0.3, 0.4) is 0 Å². The average Bonchev–Trinajstić information content (AvgIpc) is 2.92. The van der Waals surface area contributed by atoms with Crippen LogP contribution in [0.4, 0.5) is 4.79 Å². The largest absolute Gasteiger partial charge is 0.444 e. The number of amides is 2. The first-order valence-corrected chi connectivity index (χ1v) is 7.20. The number of carbonyl (C=O) groups excluding carboxylic acids is 2. The Labute approximate surface area is 120 Å². The van der Waals surface area contributed by atoms with Crippen molar-refractivity contribution in [3.05, 3.63) is 12.7 Å². The fourth-order valence-electron chi connectivity index (χ4n) is 2.76. The molecule has 2 fully saturated rings. The Kier molecular flexibility index (Phi) is 4.06. The zero-order valence-electron chi connectivity index (χ0n) is 12.6. The van der Waals surface area contributed by atoms with Gasteiger partial charge in [0.25, 0.3) is 0 Å². The maximum Gasteiger partial charge on any atom is 0.410 e. The molecule has 0 spiro atoms. The van der Waals surface area contributed by atoms with Crippen LogP contribution in [0.5, 0.6) is 0 Å². The lowest BCUT2D eigenvalue weighted by Crippen LogP contribution is -2.41. The van der Waals surface area contributed by atoms with E-state index in [0.717, 1.165) is 13.0 Å². The summed E-state index contributed by atoms with van der Waals surface area (Å²) in [7, 11) is 0. The van der Waals surface area contributed by atoms with E-state index < -0.39 is 5.60 Å². The van der Waals surface area contributed by atoms with E-state index in [-0.39, 0.29) is 24.0 Å². The number of nitrogens with zero attached hydrogens (tertiary/aromatic N) is 2. The normalized spacial score (nSPS) is 27.1. The predicted molar refractivity (Wildman–Crippen MR) is 76.2 cm³/mol. The van der Waals surface area contributed by atoms with Gasteiger partial charge in [-0.2, -0.15) is 0 Å². The molecule has 0 aliphatic carbocycles. The van der Waals surface area contributed by atoms with Gasteiger partial charge in [-0.05, 0) is 27.2 Å². The van der Waals surface area contributed by atoms with Crippen molar-refractivity contribution in [3.63, 3.8) is 0 Å². The minimum atomic E-state index is -0.480. The molecule has 2 aliphatic heterocycles. The van der Waals surface area contributed by atoms with Gasteiger partial charge in [0.15, 0.2) is 0 Å². The van der Waals surface area contributed by atoms with Crippen molar-refractivity contribution in [2.24, 2.45) is 5.92 Å². The van der Waals surface area contributed by atoms with Gasteiger partial charge in [0.2, 0.25) is 5.91 Å². The topological polar surface area (TPSA) is 49.9 Å². The third-order valence-electron chi connectivity index (χ3n) is 3.78. The minimum Gasteiger partial charge on any atom is -0.444 e. The van der Waals surface area contributed by atoms with Crippen LogP contribution < -0.4 is 0 Å². The van der Waals surface area contributed by atoms with Crippen molar-refractivity contribution < 1.29 is 14.3 Å². The molecule has 2 amide bonds. The Morgan fingerprint density at radius 2 is 2.10 bits per heavy atom. The maximum absolute atomic E-state index is 12.0. The van der Waals surface area contributed by atoms with Crippen molar-refractivity contribution >= 4 is 12.0 Å². The van der Waals surface area contributed by atoms with E-state index in [1.54, 1.807) is 4.90 Å². The third-order valence-corrected chi connectivity index (χ3v) is 3.78. The summed E-state index contributed by atoms with van der Waals surface area (Å²) < 4.78 is 5.37. The summed E-state index contributed by atoms with van der Waals surface area (Å²) in [4.78, 5) is 27.6. The molecule has 20 heavy (non-hydrogen) atoms. The van der Waals surface area contributed by atoms with Crippen molar-refractivity contribution in [1.29, 1.82) is 0 Å². The smallest absolute Gasteiger partial charge is 0.410 e. The SMILES string of the molecule is C=CC1CC(=O)N([C@@H]2CCN(C(=O)OC(C)(C)C)C2)C1. The van der Waals surface area contributed by atoms with Crippen LogP contribution in [0.1, 0.15) is 33.6 Å². The molecule has 0 aromatic rings. The standard InChI is InChI=1S/C15H24N2O3/c1-5-11-8-13(18)17(9-11)12-6-7-16(10-12)14(19)20-15(2,3)4/h5,11-12H,1,6-10H2,2-4H3/t11?,12-/m1/s1. The molecule has 2 rings (SSSR count). The van der Waals surface area contributed by atoms with Gasteiger partial charge < -0.3 is 14.5 Å². The summed E-state index contributed by atoms with van der Waals surface area (Å²) in [5.74, 6) is 0.420. The van der Waals surface area contributed by atoms with Gasteiger partial charge in [-0.25, -0.2) is 4.79 Å². The van der Waals surface area contributed by atoms with E-state index in [9.17, 15) is 9.59 Å². The lowest BCUT2D eigenvalue weighted by atomic mass is 10.1. The Hall–Kier alpha value is -1.52. The van der Waals surface area contributed by atoms with E-state index in [1.807, 2.05) is 31.7 Å². The molecule has 0 aromatic heterocycles. The van der Waals surface area contributed by atoms with Crippen LogP contribution in [0.15, 0.2) is 12.7 Å². The van der Waals surface area contributed by atoms with Crippen LogP contribution in [-0.4, -0.2) is 53.1 Å². The summed E-state index contributed by atoms with van der Waals surface area (Å²) >= 11 is 0. The molecule has 112 valence electrons. The van der Waals surface area contributed by atoms with Crippen molar-refractivity contribution in [1.82, 2.24) is 9.80 Å². The second kappa shape index (κ2) is 5.46. The summed E-state index contributed by atoms with van der Waals surface area (Å²) in [5.41, 5.74) is -0.480. The Bertz CT molecular complexity index is 414. The highest BCUT2D eigenvalue weighted by molar-refractivity contribution is 5.79. The zero-order chi connectivity index (χ0) is 14.9. The predicted octanol–water partition coefficient (Wildman–Crippen LogP) is 2.03. The number of hydrogen-bond acceptors (Lipinski definition) is 3. The highest BCUT2D eigenvalue weighted by Crippen LogP contribution is 2.26. The van der Waals surface area contributed by atoms with Gasteiger partial charge in [-0.15, -0.1) is 6.58 Å². The van der Waals surface area contributed by atoms with Crippen LogP contribution in [-0.2, 0) is 9.53 Å². The van der Waals surface area contributed by atoms with Crippen molar-refractivity contribution in [3.8, 4) is 0 Å². The molecule has 2 heterocycles. The van der Waals surface area contributed by atoms with Crippen LogP contribution in [0, 0.1) is 5.92 Å². The molecule has 5 heteroatoms. The molecular weight excluding hydrogens is 256 g/mol. The number of hydrogen-bond donors (Lipinski definition) is 0. The fraction of sp³-hybridized carbons (Fsp3) is 0.733. The maximum atomic E-state index is 12.0. The minimum absolute atomic E-state index is 0.125. The number of rotatable bonds is 2. The Morgan fingerprint density at radius 3 is 2.65 bits per heavy atom. The number of carbonyl (C=O) groups is 2. The van der Waals surface area contributed by atoms with Gasteiger partial charge in [-0.3, -0.25) is 4.79 Å². The monoisotopic (exact) mass is 280 g/mol. The van der Waals surface area contributed by atoms with Crippen molar-refractivity contribution in [2.75, 3.05) is 19.6 Å². The zero-order valence-corrected chi connectivity index (χ0v) is 12.6. The quantitative estimate of drug-likeness (QED) is 0.727. The summed E-state index contributed by atoms with van der Waals surface area (Å²) in [6.45, 7) is 11.3. The molecule has 0 N–H and O–H groups in total. The van der Waals surface area contributed by atoms with Gasteiger partial charge in [0, 0.05) is 32.0 Å². The van der Waals surface area contributed by atoms with E-state index in [0.29, 0.717) is 19.5 Å². The first-order chi connectivity index (χ1) is 9.30. The number of ether oxygens (including phenoxy) is 1. The molecule has 2 saturated heterocycles. The van der Waals surface area contributed by atoms with E-state index >= 15 is 0 Å². The molecule has 1 unspecified atom stereocenters. The van der Waals surface area contributed by atoms with Gasteiger partial charge >= 0.3 is 6.09 Å². The van der Waals surface area contributed by atoms with E-state index in [2.05, 4.69) is 6.58 Å².